The van der Waals surface area contributed by atoms with E-state index in [-0.39, 0.29) is 0 Å². The topological polar surface area (TPSA) is 104 Å². The van der Waals surface area contributed by atoms with Crippen LogP contribution < -0.4 is 18.6 Å². The molecular weight excluding hydrogens is 256 g/mol. The lowest BCUT2D eigenvalue weighted by Crippen LogP contribution is -2.68. The largest absolute Gasteiger partial charge is 0.343 e. The molecular formula is C9H9ClO5S. The molecule has 2 rings (SSSR count). The van der Waals surface area contributed by atoms with Gasteiger partial charge < -0.3 is 0 Å². The summed E-state index contributed by atoms with van der Waals surface area (Å²) in [7, 11) is -4.94. The monoisotopic (exact) mass is 264 g/mol. The van der Waals surface area contributed by atoms with Crippen molar-refractivity contribution >= 4 is 21.4 Å². The first-order chi connectivity index (χ1) is 7.27. The fraction of sp³-hybridized carbons (Fsp3) is 0.222. The quantitative estimate of drug-likeness (QED) is 0.547. The molecule has 0 amide bonds. The standard InChI is InChI=1S/C9H9OS.ClHO4/c1-6-5-8-3-4-11-9(8)7(2)10-6;2-1(3,4)5/h3-5H,1-2H3;(H,2,3,4,5)/q+1;/p-1. The molecule has 0 atom stereocenters. The van der Waals surface area contributed by atoms with E-state index in [4.69, 9.17) is 23.1 Å². The zero-order valence-electron chi connectivity index (χ0n) is 8.56. The first-order valence-corrected chi connectivity index (χ1v) is 6.28. The third-order valence-corrected chi connectivity index (χ3v) is 2.72. The maximum Gasteiger partial charge on any atom is 0.343 e. The fourth-order valence-corrected chi connectivity index (χ4v) is 2.08. The Morgan fingerprint density at radius 2 is 1.75 bits per heavy atom. The fourth-order valence-electron chi connectivity index (χ4n) is 1.26. The summed E-state index contributed by atoms with van der Waals surface area (Å²) < 4.78 is 40.7. The zero-order valence-corrected chi connectivity index (χ0v) is 10.1. The highest BCUT2D eigenvalue weighted by Gasteiger charge is 2.11. The van der Waals surface area contributed by atoms with E-state index in [1.807, 2.05) is 13.8 Å². The molecule has 5 nitrogen and oxygen atoms in total. The summed E-state index contributed by atoms with van der Waals surface area (Å²) in [5.74, 6) is 2.00. The molecule has 0 aromatic carbocycles. The van der Waals surface area contributed by atoms with E-state index in [0.29, 0.717) is 0 Å². The van der Waals surface area contributed by atoms with E-state index in [1.54, 1.807) is 11.3 Å². The van der Waals surface area contributed by atoms with Gasteiger partial charge in [-0.2, -0.15) is 0 Å². The zero-order chi connectivity index (χ0) is 12.3. The van der Waals surface area contributed by atoms with Crippen LogP contribution in [-0.2, 0) is 0 Å². The number of aryl methyl sites for hydroxylation is 2. The average Bonchev–Trinajstić information content (AvgIpc) is 2.47. The Bertz CT molecular complexity index is 470. The van der Waals surface area contributed by atoms with Gasteiger partial charge in [0, 0.05) is 11.5 Å². The summed E-state index contributed by atoms with van der Waals surface area (Å²) >= 11 is 1.73. The molecule has 0 N–H and O–H groups in total. The van der Waals surface area contributed by atoms with Gasteiger partial charge in [0.25, 0.3) is 0 Å². The van der Waals surface area contributed by atoms with Crippen LogP contribution in [0, 0.1) is 24.1 Å². The van der Waals surface area contributed by atoms with Crippen LogP contribution in [0.15, 0.2) is 21.9 Å². The molecule has 0 spiro atoms. The van der Waals surface area contributed by atoms with Crippen LogP contribution in [0.4, 0.5) is 0 Å². The highest BCUT2D eigenvalue weighted by atomic mass is 35.7. The molecule has 0 unspecified atom stereocenters. The molecule has 0 aliphatic carbocycles. The van der Waals surface area contributed by atoms with Gasteiger partial charge >= 0.3 is 11.5 Å². The molecule has 0 radical (unpaired) electrons. The van der Waals surface area contributed by atoms with Crippen LogP contribution in [-0.4, -0.2) is 0 Å². The second kappa shape index (κ2) is 5.05. The van der Waals surface area contributed by atoms with E-state index >= 15 is 0 Å². The lowest BCUT2D eigenvalue weighted by molar-refractivity contribution is -2.00. The maximum absolute atomic E-state index is 8.49. The van der Waals surface area contributed by atoms with Crippen molar-refractivity contribution in [3.05, 3.63) is 29.0 Å². The lowest BCUT2D eigenvalue weighted by Gasteiger charge is -2.17. The number of halogens is 1. The minimum Gasteiger partial charge on any atom is -0.222 e. The Balaban J connectivity index is 0.000000221. The SMILES string of the molecule is Cc1cc2ccsc2c(C)[o+]1.[O-][Cl+3]([O-])([O-])[O-]. The van der Waals surface area contributed by atoms with Crippen LogP contribution in [0.1, 0.15) is 11.5 Å². The van der Waals surface area contributed by atoms with Gasteiger partial charge in [-0.15, -0.1) is 21.6 Å². The van der Waals surface area contributed by atoms with Crippen molar-refractivity contribution in [1.29, 1.82) is 0 Å². The number of hydrogen-bond acceptors (Lipinski definition) is 5. The van der Waals surface area contributed by atoms with E-state index in [9.17, 15) is 0 Å². The van der Waals surface area contributed by atoms with Gasteiger partial charge in [0.1, 0.15) is 4.70 Å². The van der Waals surface area contributed by atoms with Crippen molar-refractivity contribution in [1.82, 2.24) is 0 Å². The third-order valence-electron chi connectivity index (χ3n) is 1.69. The second-order valence-corrected chi connectivity index (χ2v) is 4.67. The Kier molecular flexibility index (Phi) is 4.20. The van der Waals surface area contributed by atoms with Gasteiger partial charge in [-0.05, 0) is 11.4 Å². The molecule has 0 saturated heterocycles. The first kappa shape index (κ1) is 13.3. The summed E-state index contributed by atoms with van der Waals surface area (Å²) in [6.07, 6.45) is 0. The highest BCUT2D eigenvalue weighted by molar-refractivity contribution is 7.17. The number of rotatable bonds is 0. The van der Waals surface area contributed by atoms with Crippen molar-refractivity contribution in [3.63, 3.8) is 0 Å². The van der Waals surface area contributed by atoms with Gasteiger partial charge in [-0.25, -0.2) is 23.1 Å². The van der Waals surface area contributed by atoms with Crippen molar-refractivity contribution < 1.29 is 33.3 Å². The van der Waals surface area contributed by atoms with Crippen molar-refractivity contribution in [2.24, 2.45) is 0 Å². The second-order valence-electron chi connectivity index (χ2n) is 3.00. The molecule has 7 heteroatoms. The minimum atomic E-state index is -4.94. The van der Waals surface area contributed by atoms with E-state index in [1.165, 1.54) is 10.1 Å². The van der Waals surface area contributed by atoms with Crippen LogP contribution in [0.5, 0.6) is 0 Å². The smallest absolute Gasteiger partial charge is 0.222 e. The normalized spacial score (nSPS) is 11.1. The molecule has 88 valence electrons. The number of hydrogen-bond donors (Lipinski definition) is 0. The van der Waals surface area contributed by atoms with Crippen LogP contribution in [0.3, 0.4) is 0 Å². The Morgan fingerprint density at radius 1 is 1.19 bits per heavy atom. The van der Waals surface area contributed by atoms with Gasteiger partial charge in [0.15, 0.2) is 0 Å². The molecule has 0 fully saturated rings. The number of thiophene rings is 1. The maximum atomic E-state index is 8.49. The average molecular weight is 265 g/mol. The van der Waals surface area contributed by atoms with Crippen molar-refractivity contribution in [2.75, 3.05) is 0 Å². The Morgan fingerprint density at radius 3 is 2.31 bits per heavy atom. The Labute approximate surface area is 97.9 Å². The van der Waals surface area contributed by atoms with Gasteiger partial charge in [-0.3, -0.25) is 0 Å². The van der Waals surface area contributed by atoms with Crippen LogP contribution in [0.2, 0.25) is 0 Å². The molecule has 2 heterocycles. The van der Waals surface area contributed by atoms with Crippen molar-refractivity contribution in [3.8, 4) is 0 Å². The molecule has 0 aliphatic rings. The Hall–Kier alpha value is -0.760. The summed E-state index contributed by atoms with van der Waals surface area (Å²) in [6.45, 7) is 3.98. The number of fused-ring (bicyclic) bond motifs is 1. The van der Waals surface area contributed by atoms with Crippen LogP contribution >= 0.6 is 11.3 Å². The predicted octanol–water partition coefficient (Wildman–Crippen LogP) is -1.36. The summed E-state index contributed by atoms with van der Waals surface area (Å²) in [5.41, 5.74) is 0. The minimum absolute atomic E-state index is 0.980. The molecule has 2 aromatic rings. The van der Waals surface area contributed by atoms with Crippen LogP contribution in [0.25, 0.3) is 10.1 Å². The molecule has 0 aliphatic heterocycles. The first-order valence-electron chi connectivity index (χ1n) is 4.16. The molecule has 0 bridgehead atoms. The molecule has 16 heavy (non-hydrogen) atoms. The van der Waals surface area contributed by atoms with Gasteiger partial charge in [0.05, 0.1) is 13.8 Å². The van der Waals surface area contributed by atoms with Gasteiger partial charge in [0.2, 0.25) is 0 Å². The van der Waals surface area contributed by atoms with E-state index < -0.39 is 10.2 Å². The highest BCUT2D eigenvalue weighted by Crippen LogP contribution is 2.25. The summed E-state index contributed by atoms with van der Waals surface area (Å²) in [4.78, 5) is 0. The van der Waals surface area contributed by atoms with E-state index in [0.717, 1.165) is 11.5 Å². The predicted molar refractivity (Wildman–Crippen MR) is 48.0 cm³/mol. The lowest BCUT2D eigenvalue weighted by atomic mass is 10.3. The van der Waals surface area contributed by atoms with E-state index in [2.05, 4.69) is 17.5 Å². The van der Waals surface area contributed by atoms with Gasteiger partial charge in [-0.1, -0.05) is 0 Å². The summed E-state index contributed by atoms with van der Waals surface area (Å²) in [6, 6.07) is 4.19. The summed E-state index contributed by atoms with van der Waals surface area (Å²) in [5, 5.41) is 3.38. The molecule has 0 saturated carbocycles. The van der Waals surface area contributed by atoms with Crippen molar-refractivity contribution in [2.45, 2.75) is 13.8 Å². The molecule has 2 aromatic heterocycles. The third kappa shape index (κ3) is 4.40.